The highest BCUT2D eigenvalue weighted by atomic mass is 14.7. The van der Waals surface area contributed by atoms with Crippen molar-refractivity contribution in [1.82, 2.24) is 0 Å². The first kappa shape index (κ1) is 24.4. The SMILES string of the molecule is C=C(CC#N)C1(C)CCC2C3CC(C)C4=C/C(=C/CC)CCC4(C)C3CCC21C.CC. The summed E-state index contributed by atoms with van der Waals surface area (Å²) in [6.07, 6.45) is 16.0. The first-order chi connectivity index (χ1) is 14.7. The zero-order valence-electron chi connectivity index (χ0n) is 21.5. The summed E-state index contributed by atoms with van der Waals surface area (Å²) in [5.41, 5.74) is 5.42. The van der Waals surface area contributed by atoms with Crippen molar-refractivity contribution in [3.8, 4) is 6.07 Å². The number of allylic oxidation sites excluding steroid dienone is 5. The highest BCUT2D eigenvalue weighted by Crippen LogP contribution is 2.72. The number of nitriles is 1. The molecule has 4 aliphatic carbocycles. The van der Waals surface area contributed by atoms with Crippen LogP contribution in [0.1, 0.15) is 106 Å². The van der Waals surface area contributed by atoms with E-state index in [2.05, 4.69) is 59.4 Å². The van der Waals surface area contributed by atoms with E-state index in [1.807, 2.05) is 13.8 Å². The van der Waals surface area contributed by atoms with Gasteiger partial charge in [0.25, 0.3) is 0 Å². The van der Waals surface area contributed by atoms with Crippen molar-refractivity contribution in [2.45, 2.75) is 106 Å². The first-order valence-electron chi connectivity index (χ1n) is 13.2. The monoisotopic (exact) mass is 421 g/mol. The van der Waals surface area contributed by atoms with Gasteiger partial charge in [-0.15, -0.1) is 0 Å². The van der Waals surface area contributed by atoms with Crippen molar-refractivity contribution < 1.29 is 0 Å². The summed E-state index contributed by atoms with van der Waals surface area (Å²) in [4.78, 5) is 0. The van der Waals surface area contributed by atoms with Gasteiger partial charge >= 0.3 is 0 Å². The third kappa shape index (κ3) is 3.57. The van der Waals surface area contributed by atoms with E-state index in [1.54, 1.807) is 11.1 Å². The summed E-state index contributed by atoms with van der Waals surface area (Å²) in [5.74, 6) is 3.20. The lowest BCUT2D eigenvalue weighted by Crippen LogP contribution is -2.53. The third-order valence-electron chi connectivity index (χ3n) is 10.5. The van der Waals surface area contributed by atoms with Crippen molar-refractivity contribution in [1.29, 1.82) is 5.26 Å². The number of hydrogen-bond donors (Lipinski definition) is 0. The molecule has 0 bridgehead atoms. The zero-order valence-corrected chi connectivity index (χ0v) is 21.5. The Balaban J connectivity index is 0.00000132. The lowest BCUT2D eigenvalue weighted by atomic mass is 9.43. The van der Waals surface area contributed by atoms with Crippen molar-refractivity contribution >= 4 is 0 Å². The molecule has 0 aliphatic heterocycles. The largest absolute Gasteiger partial charge is 0.198 e. The first-order valence-corrected chi connectivity index (χ1v) is 13.2. The van der Waals surface area contributed by atoms with Crippen molar-refractivity contribution in [3.63, 3.8) is 0 Å². The smallest absolute Gasteiger partial charge is 0.0666 e. The standard InChI is InChI=1S/C28H41N.C2H6/c1-7-8-21-9-13-26(4)23-10-15-28(6)24(22(23)17-19(2)25(26)18-21)11-14-27(28,5)20(3)12-16-29;1-2/h8,18-19,22-24H,3,7,9-15,17H2,1-2,4-6H3;1-2H3/b21-8+;. The predicted octanol–water partition coefficient (Wildman–Crippen LogP) is 9.03. The molecule has 0 spiro atoms. The molecule has 0 amide bonds. The average Bonchev–Trinajstić information content (AvgIpc) is 3.03. The Kier molecular flexibility index (Phi) is 7.01. The minimum absolute atomic E-state index is 0.141. The van der Waals surface area contributed by atoms with Gasteiger partial charge in [-0.25, -0.2) is 0 Å². The van der Waals surface area contributed by atoms with Crippen LogP contribution in [0, 0.1) is 51.2 Å². The van der Waals surface area contributed by atoms with Gasteiger partial charge in [-0.05, 0) is 91.3 Å². The van der Waals surface area contributed by atoms with Crippen LogP contribution in [0.4, 0.5) is 0 Å². The third-order valence-corrected chi connectivity index (χ3v) is 10.5. The Morgan fingerprint density at radius 1 is 1.16 bits per heavy atom. The van der Waals surface area contributed by atoms with Crippen molar-refractivity contribution in [3.05, 3.63) is 35.5 Å². The summed E-state index contributed by atoms with van der Waals surface area (Å²) in [7, 11) is 0. The van der Waals surface area contributed by atoms with E-state index in [1.165, 1.54) is 50.5 Å². The molecule has 0 saturated heterocycles. The molecule has 7 atom stereocenters. The molecular weight excluding hydrogens is 374 g/mol. The number of hydrogen-bond acceptors (Lipinski definition) is 1. The van der Waals surface area contributed by atoms with Gasteiger partial charge in [0.05, 0.1) is 12.5 Å². The van der Waals surface area contributed by atoms with E-state index < -0.39 is 0 Å². The molecule has 1 nitrogen and oxygen atoms in total. The molecule has 7 unspecified atom stereocenters. The Morgan fingerprint density at radius 2 is 1.84 bits per heavy atom. The van der Waals surface area contributed by atoms with E-state index in [0.29, 0.717) is 23.2 Å². The molecule has 3 fully saturated rings. The summed E-state index contributed by atoms with van der Waals surface area (Å²) in [6.45, 7) is 20.8. The van der Waals surface area contributed by atoms with Crippen LogP contribution in [-0.2, 0) is 0 Å². The number of fused-ring (bicyclic) bond motifs is 5. The van der Waals surface area contributed by atoms with E-state index in [-0.39, 0.29) is 5.41 Å². The molecule has 0 aromatic rings. The molecule has 172 valence electrons. The van der Waals surface area contributed by atoms with Crippen molar-refractivity contribution in [2.75, 3.05) is 0 Å². The minimum Gasteiger partial charge on any atom is -0.198 e. The molecule has 0 radical (unpaired) electrons. The lowest BCUT2D eigenvalue weighted by Gasteiger charge is -2.61. The van der Waals surface area contributed by atoms with Crippen LogP contribution in [0.3, 0.4) is 0 Å². The molecule has 0 aromatic heterocycles. The van der Waals surface area contributed by atoms with E-state index in [4.69, 9.17) is 0 Å². The number of rotatable bonds is 3. The molecule has 0 N–H and O–H groups in total. The Hall–Kier alpha value is -1.29. The predicted molar refractivity (Wildman–Crippen MR) is 133 cm³/mol. The van der Waals surface area contributed by atoms with Crippen LogP contribution in [0.5, 0.6) is 0 Å². The highest BCUT2D eigenvalue weighted by molar-refractivity contribution is 5.36. The fraction of sp³-hybridized carbons (Fsp3) is 0.767. The fourth-order valence-corrected chi connectivity index (χ4v) is 8.59. The van der Waals surface area contributed by atoms with Crippen molar-refractivity contribution in [2.24, 2.45) is 39.9 Å². The Morgan fingerprint density at radius 3 is 2.48 bits per heavy atom. The molecule has 0 aromatic carbocycles. The maximum atomic E-state index is 9.31. The van der Waals surface area contributed by atoms with Crippen LogP contribution in [0.2, 0.25) is 0 Å². The van der Waals surface area contributed by atoms with Gasteiger partial charge in [0, 0.05) is 0 Å². The van der Waals surface area contributed by atoms with Gasteiger partial charge in [0.2, 0.25) is 0 Å². The molecule has 3 saturated carbocycles. The normalized spacial score (nSPS) is 44.7. The van der Waals surface area contributed by atoms with E-state index >= 15 is 0 Å². The molecule has 0 heterocycles. The van der Waals surface area contributed by atoms with Crippen LogP contribution in [0.25, 0.3) is 0 Å². The fourth-order valence-electron chi connectivity index (χ4n) is 8.59. The second-order valence-corrected chi connectivity index (χ2v) is 11.5. The maximum absolute atomic E-state index is 9.31. The summed E-state index contributed by atoms with van der Waals surface area (Å²) >= 11 is 0. The minimum atomic E-state index is 0.141. The van der Waals surface area contributed by atoms with Gasteiger partial charge in [-0.2, -0.15) is 5.26 Å². The van der Waals surface area contributed by atoms with Gasteiger partial charge < -0.3 is 0 Å². The summed E-state index contributed by atoms with van der Waals surface area (Å²) in [6, 6.07) is 2.39. The maximum Gasteiger partial charge on any atom is 0.0666 e. The van der Waals surface area contributed by atoms with Gasteiger partial charge in [0.15, 0.2) is 0 Å². The Bertz CT molecular complexity index is 794. The van der Waals surface area contributed by atoms with E-state index in [0.717, 1.165) is 24.2 Å². The second-order valence-electron chi connectivity index (χ2n) is 11.5. The Labute approximate surface area is 193 Å². The average molecular weight is 422 g/mol. The second kappa shape index (κ2) is 8.92. The number of nitrogens with zero attached hydrogens (tertiary/aromatic N) is 1. The summed E-state index contributed by atoms with van der Waals surface area (Å²) in [5, 5.41) is 9.31. The zero-order chi connectivity index (χ0) is 23.0. The molecular formula is C30H47N. The van der Waals surface area contributed by atoms with Crippen LogP contribution in [-0.4, -0.2) is 0 Å². The van der Waals surface area contributed by atoms with Crippen LogP contribution < -0.4 is 0 Å². The van der Waals surface area contributed by atoms with E-state index in [9.17, 15) is 5.26 Å². The van der Waals surface area contributed by atoms with Crippen LogP contribution in [0.15, 0.2) is 35.5 Å². The van der Waals surface area contributed by atoms with Gasteiger partial charge in [-0.3, -0.25) is 0 Å². The molecule has 4 rings (SSSR count). The highest BCUT2D eigenvalue weighted by Gasteiger charge is 2.63. The molecule has 1 heteroatoms. The topological polar surface area (TPSA) is 23.8 Å². The lowest BCUT2D eigenvalue weighted by molar-refractivity contribution is -0.0737. The van der Waals surface area contributed by atoms with Gasteiger partial charge in [-0.1, -0.05) is 83.9 Å². The van der Waals surface area contributed by atoms with Crippen LogP contribution >= 0.6 is 0 Å². The van der Waals surface area contributed by atoms with Gasteiger partial charge in [0.1, 0.15) is 0 Å². The molecule has 31 heavy (non-hydrogen) atoms. The molecule has 4 aliphatic rings. The quantitative estimate of drug-likeness (QED) is 0.417. The summed E-state index contributed by atoms with van der Waals surface area (Å²) < 4.78 is 0.